The molecule has 5 fully saturated rings. The summed E-state index contributed by atoms with van der Waals surface area (Å²) in [5.41, 5.74) is 1.82. The molecule has 0 bridgehead atoms. The molecule has 0 aromatic rings. The first-order valence-electron chi connectivity index (χ1n) is 43.1. The average molecular weight is 1320 g/mol. The Morgan fingerprint density at radius 2 is 0.677 bits per heavy atom. The summed E-state index contributed by atoms with van der Waals surface area (Å²) in [6.07, 6.45) is 53.6. The summed E-state index contributed by atoms with van der Waals surface area (Å²) in [5, 5.41) is 0. The fourth-order valence-corrected chi connectivity index (χ4v) is 11.3. The van der Waals surface area contributed by atoms with Gasteiger partial charge in [-0.25, -0.2) is 0 Å². The van der Waals surface area contributed by atoms with Crippen LogP contribution >= 0.6 is 0 Å². The lowest BCUT2D eigenvalue weighted by Gasteiger charge is -2.33. The molecule has 0 N–H and O–H groups in total. The van der Waals surface area contributed by atoms with Gasteiger partial charge in [-0.3, -0.25) is 0 Å². The molecule has 0 heterocycles. The van der Waals surface area contributed by atoms with Crippen molar-refractivity contribution in [2.24, 2.45) is 99.1 Å². The first-order valence-corrected chi connectivity index (χ1v) is 43.1. The molecular formula is C93H204. The van der Waals surface area contributed by atoms with Crippen LogP contribution < -0.4 is 0 Å². The van der Waals surface area contributed by atoms with E-state index in [4.69, 9.17) is 0 Å². The summed E-state index contributed by atoms with van der Waals surface area (Å²) < 4.78 is 0. The van der Waals surface area contributed by atoms with Crippen molar-refractivity contribution in [3.8, 4) is 0 Å². The van der Waals surface area contributed by atoms with Crippen LogP contribution in [0, 0.1) is 99.1 Å². The minimum Gasteiger partial charge on any atom is -0.0654 e. The maximum atomic E-state index is 2.34. The molecule has 5 saturated carbocycles. The van der Waals surface area contributed by atoms with E-state index in [1.807, 2.05) is 0 Å². The van der Waals surface area contributed by atoms with Gasteiger partial charge in [-0.05, 0) is 144 Å². The Balaban J connectivity index is -0.000000117. The predicted octanol–water partition coefficient (Wildman–Crippen LogP) is 36.0. The monoisotopic (exact) mass is 1320 g/mol. The van der Waals surface area contributed by atoms with Crippen LogP contribution in [0.15, 0.2) is 0 Å². The molecule has 0 aromatic carbocycles. The Bertz CT molecular complexity index is 1170. The third-order valence-corrected chi connectivity index (χ3v) is 20.0. The summed E-state index contributed by atoms with van der Waals surface area (Å²) in [5.74, 6) is 13.5. The van der Waals surface area contributed by atoms with Crippen molar-refractivity contribution in [2.45, 2.75) is 507 Å². The maximum Gasteiger partial charge on any atom is -0.0354 e. The maximum absolute atomic E-state index is 2.34. The molecule has 0 amide bonds. The number of hydrogen-bond donors (Lipinski definition) is 0. The first-order chi connectivity index (χ1) is 43.1. The number of unbranched alkanes of at least 4 members (excludes halogenated alkanes) is 6. The van der Waals surface area contributed by atoms with E-state index in [1.54, 1.807) is 0 Å². The summed E-state index contributed by atoms with van der Waals surface area (Å²) in [6.45, 7) is 86.5. The largest absolute Gasteiger partial charge is 0.0654 e. The second kappa shape index (κ2) is 79.3. The van der Waals surface area contributed by atoms with Crippen LogP contribution in [0.25, 0.3) is 0 Å². The molecule has 0 radical (unpaired) electrons. The second-order valence-corrected chi connectivity index (χ2v) is 36.8. The Labute approximate surface area is 602 Å². The highest BCUT2D eigenvalue weighted by Crippen LogP contribution is 2.39. The van der Waals surface area contributed by atoms with Gasteiger partial charge in [0.2, 0.25) is 0 Å². The highest BCUT2D eigenvalue weighted by Gasteiger charge is 2.25. The van der Waals surface area contributed by atoms with Gasteiger partial charge < -0.3 is 0 Å². The van der Waals surface area contributed by atoms with Crippen LogP contribution in [0.4, 0.5) is 0 Å². The van der Waals surface area contributed by atoms with Gasteiger partial charge in [0, 0.05) is 0 Å². The van der Waals surface area contributed by atoms with Gasteiger partial charge >= 0.3 is 0 Å². The molecule has 0 spiro atoms. The van der Waals surface area contributed by atoms with Gasteiger partial charge in [-0.15, -0.1) is 0 Å². The summed E-state index contributed by atoms with van der Waals surface area (Å²) in [4.78, 5) is 0. The van der Waals surface area contributed by atoms with E-state index in [-0.39, 0.29) is 0 Å². The standard InChI is InChI=1S/9C7H16.5C6H12/c1-6(2)5-7(3)4;2*1-5-6-7(2,3)4;1-5-7(4)6(2)3;2*1-4-5-6-7(2)3;2*1-4-6-7(3)5-2;1-3-5-7-6-4-2;1-5-3-6(2)4-5;1-6(2)4-3-5-6;1-5-3-4-6(5)2;1-6-4-2-3-5-6;1-2-6-4-3-5-6/h6-7H,5H2,1-4H3;2*5-6H2,1-4H3;6-7H,5H2,1-4H3;4*7H,4-6H2,1-3H3;3-7H2,1-2H3;5-6H,3-4H2,1-2H3;3-5H2,1-2H3;5-6H,3-4H2,1-2H3;2*6H,2-5H2,1H3/t;;;7-;;;7-;;;;;5-,6?;;/m...0..1....1../s1. The van der Waals surface area contributed by atoms with Crippen LogP contribution in [-0.4, -0.2) is 0 Å². The topological polar surface area (TPSA) is 0 Å². The van der Waals surface area contributed by atoms with E-state index in [1.165, 1.54) is 244 Å². The second-order valence-electron chi connectivity index (χ2n) is 36.8. The van der Waals surface area contributed by atoms with Gasteiger partial charge in [-0.2, -0.15) is 0 Å². The highest BCUT2D eigenvalue weighted by molar-refractivity contribution is 4.77. The molecule has 0 heteroatoms. The SMILES string of the molecule is CC(C)CC(C)C.CC1(C)CCC1.CC1CC(C)C1.CC1CCCC1.CC1CC[C@H]1C.CCC1CCC1.CCCC(C)(C)C.CCCC(C)(C)C.CCCC(C)CC.CCCCC(C)C.CCCCC(C)C.CCCCCCC.CCC[C@H](C)CC.CC[C@H](C)C(C)C. The molecule has 2 unspecified atom stereocenters. The Morgan fingerprint density at radius 3 is 0.731 bits per heavy atom. The van der Waals surface area contributed by atoms with Gasteiger partial charge in [0.05, 0.1) is 0 Å². The molecule has 576 valence electrons. The van der Waals surface area contributed by atoms with E-state index in [9.17, 15) is 0 Å². The van der Waals surface area contributed by atoms with Crippen molar-refractivity contribution in [1.29, 1.82) is 0 Å². The lowest BCUT2D eigenvalue weighted by molar-refractivity contribution is 0.190. The predicted molar refractivity (Wildman–Crippen MR) is 447 cm³/mol. The van der Waals surface area contributed by atoms with E-state index >= 15 is 0 Å². The summed E-state index contributed by atoms with van der Waals surface area (Å²) >= 11 is 0. The highest BCUT2D eigenvalue weighted by atomic mass is 14.3. The fraction of sp³-hybridized carbons (Fsp3) is 1.00. The van der Waals surface area contributed by atoms with Gasteiger partial charge in [-0.1, -0.05) is 462 Å². The lowest BCUT2D eigenvalue weighted by atomic mass is 9.72. The minimum atomic E-state index is 0.550. The molecule has 5 rings (SSSR count). The molecule has 0 saturated heterocycles. The fourth-order valence-electron chi connectivity index (χ4n) is 11.3. The Kier molecular flexibility index (Phi) is 95.2. The van der Waals surface area contributed by atoms with Gasteiger partial charge in [0.1, 0.15) is 0 Å². The first kappa shape index (κ1) is 112. The van der Waals surface area contributed by atoms with Gasteiger partial charge in [0.15, 0.2) is 0 Å². The van der Waals surface area contributed by atoms with Crippen LogP contribution in [-0.2, 0) is 0 Å². The van der Waals surface area contributed by atoms with Crippen molar-refractivity contribution in [3.05, 3.63) is 0 Å². The Hall–Kier alpha value is 0. The minimum absolute atomic E-state index is 0.550. The van der Waals surface area contributed by atoms with Crippen LogP contribution in [0.2, 0.25) is 0 Å². The number of rotatable bonds is 23. The van der Waals surface area contributed by atoms with Crippen molar-refractivity contribution in [1.82, 2.24) is 0 Å². The zero-order valence-corrected chi connectivity index (χ0v) is 74.5. The molecule has 0 aliphatic heterocycles. The van der Waals surface area contributed by atoms with E-state index in [0.717, 1.165) is 88.3 Å². The summed E-state index contributed by atoms with van der Waals surface area (Å²) in [7, 11) is 0. The lowest BCUT2D eigenvalue weighted by Crippen LogP contribution is -2.20. The van der Waals surface area contributed by atoms with Crippen molar-refractivity contribution >= 4 is 0 Å². The molecule has 5 aliphatic rings. The van der Waals surface area contributed by atoms with Crippen LogP contribution in [0.5, 0.6) is 0 Å². The smallest absolute Gasteiger partial charge is 0.0354 e. The molecule has 5 atom stereocenters. The number of hydrogen-bond acceptors (Lipinski definition) is 0. The van der Waals surface area contributed by atoms with Crippen molar-refractivity contribution in [2.75, 3.05) is 0 Å². The zero-order chi connectivity index (χ0) is 74.5. The quantitative estimate of drug-likeness (QED) is 0.0895. The third kappa shape index (κ3) is 116. The molecule has 0 nitrogen and oxygen atoms in total. The summed E-state index contributed by atoms with van der Waals surface area (Å²) in [6, 6.07) is 0. The molecule has 5 aliphatic carbocycles. The van der Waals surface area contributed by atoms with E-state index in [0.29, 0.717) is 10.8 Å². The third-order valence-electron chi connectivity index (χ3n) is 20.0. The van der Waals surface area contributed by atoms with Gasteiger partial charge in [0.25, 0.3) is 0 Å². The average Bonchev–Trinajstić information content (AvgIpc) is 1.50. The molecule has 0 aromatic heterocycles. The van der Waals surface area contributed by atoms with Crippen molar-refractivity contribution < 1.29 is 0 Å². The van der Waals surface area contributed by atoms with E-state index < -0.39 is 0 Å². The van der Waals surface area contributed by atoms with E-state index in [2.05, 4.69) is 263 Å². The normalized spacial score (nSPS) is 19.0. The Morgan fingerprint density at radius 1 is 0.344 bits per heavy atom. The molecular weight excluding hydrogens is 1120 g/mol. The van der Waals surface area contributed by atoms with Crippen LogP contribution in [0.1, 0.15) is 507 Å². The molecule has 93 heavy (non-hydrogen) atoms. The van der Waals surface area contributed by atoms with Crippen molar-refractivity contribution in [3.63, 3.8) is 0 Å². The van der Waals surface area contributed by atoms with Crippen LogP contribution in [0.3, 0.4) is 0 Å². The zero-order valence-electron chi connectivity index (χ0n) is 74.5.